The molecular weight excluding hydrogens is 463 g/mol. The highest BCUT2D eigenvalue weighted by Gasteiger charge is 2.38. The van der Waals surface area contributed by atoms with E-state index >= 15 is 0 Å². The van der Waals surface area contributed by atoms with E-state index in [1.54, 1.807) is 5.51 Å². The molecule has 1 heterocycles. The first-order chi connectivity index (χ1) is 15.8. The molecule has 4 nitrogen and oxygen atoms in total. The van der Waals surface area contributed by atoms with Crippen LogP contribution in [0.3, 0.4) is 0 Å². The maximum atomic E-state index is 13.0. The van der Waals surface area contributed by atoms with Gasteiger partial charge in [-0.05, 0) is 88.1 Å². The Morgan fingerprint density at radius 2 is 1.76 bits per heavy atom. The van der Waals surface area contributed by atoms with Gasteiger partial charge in [-0.15, -0.1) is 0 Å². The van der Waals surface area contributed by atoms with Crippen molar-refractivity contribution in [2.45, 2.75) is 59.2 Å². The predicted octanol–water partition coefficient (Wildman–Crippen LogP) is 7.42. The van der Waals surface area contributed by atoms with Crippen LogP contribution in [0.1, 0.15) is 54.5 Å². The smallest absolute Gasteiger partial charge is 0.416 e. The Bertz CT molecular complexity index is 1170. The van der Waals surface area contributed by atoms with Gasteiger partial charge in [0.15, 0.2) is 10.5 Å². The van der Waals surface area contributed by atoms with E-state index in [4.69, 9.17) is 4.74 Å². The van der Waals surface area contributed by atoms with E-state index in [0.717, 1.165) is 38.7 Å². The summed E-state index contributed by atoms with van der Waals surface area (Å²) < 4.78 is 45.3. The van der Waals surface area contributed by atoms with E-state index in [2.05, 4.69) is 4.98 Å². The van der Waals surface area contributed by atoms with Crippen molar-refractivity contribution in [3.8, 4) is 10.6 Å². The first kappa shape index (κ1) is 25.7. The lowest BCUT2D eigenvalue weighted by Gasteiger charge is -2.24. The molecule has 0 saturated heterocycles. The van der Waals surface area contributed by atoms with E-state index < -0.39 is 39.7 Å². The molecule has 3 rings (SSSR count). The Balaban J connectivity index is 1.88. The molecule has 2 aromatic carbocycles. The minimum atomic E-state index is -4.38. The second kappa shape index (κ2) is 9.78. The number of hydrogen-bond donors (Lipinski definition) is 1. The zero-order valence-corrected chi connectivity index (χ0v) is 20.7. The number of nitrogens with zero attached hydrogens (tertiary/aromatic N) is 1. The van der Waals surface area contributed by atoms with Crippen molar-refractivity contribution in [1.29, 1.82) is 0 Å². The van der Waals surface area contributed by atoms with Gasteiger partial charge >= 0.3 is 12.1 Å². The maximum Gasteiger partial charge on any atom is 0.416 e. The Hall–Kier alpha value is -2.87. The Morgan fingerprint density at radius 1 is 1.12 bits per heavy atom. The number of carboxylic acid groups (broad SMARTS) is 1. The quantitative estimate of drug-likeness (QED) is 0.332. The van der Waals surface area contributed by atoms with E-state index in [9.17, 15) is 23.1 Å². The molecule has 1 aromatic heterocycles. The fourth-order valence-electron chi connectivity index (χ4n) is 4.05. The zero-order valence-electron chi connectivity index (χ0n) is 19.9. The van der Waals surface area contributed by atoms with Crippen LogP contribution in [0.4, 0.5) is 13.2 Å². The van der Waals surface area contributed by atoms with Crippen molar-refractivity contribution in [1.82, 2.24) is 4.98 Å². The van der Waals surface area contributed by atoms with E-state index in [1.807, 2.05) is 52.8 Å². The summed E-state index contributed by atoms with van der Waals surface area (Å²) in [4.78, 5) is 17.5. The average Bonchev–Trinajstić information content (AvgIpc) is 3.14. The van der Waals surface area contributed by atoms with Crippen LogP contribution in [0.2, 0.25) is 0 Å². The van der Waals surface area contributed by atoms with E-state index in [1.165, 1.54) is 12.1 Å². The number of aryl methyl sites for hydroxylation is 2. The number of halogens is 3. The molecule has 8 heteroatoms. The molecule has 0 fully saturated rings. The fraction of sp³-hybridized carbons (Fsp3) is 0.385. The molecule has 0 aliphatic heterocycles. The first-order valence-corrected chi connectivity index (χ1v) is 12.3. The minimum absolute atomic E-state index is 0.434. The number of ether oxygens (including phenoxy) is 1. The number of alkyl halides is 3. The van der Waals surface area contributed by atoms with Crippen LogP contribution < -0.4 is 4.74 Å². The van der Waals surface area contributed by atoms with Gasteiger partial charge < -0.3 is 9.84 Å². The molecule has 0 spiro atoms. The zero-order chi connectivity index (χ0) is 25.3. The van der Waals surface area contributed by atoms with Gasteiger partial charge in [0.05, 0.1) is 11.5 Å². The van der Waals surface area contributed by atoms with Gasteiger partial charge in [0.1, 0.15) is 11.4 Å². The number of carboxylic acids is 1. The van der Waals surface area contributed by atoms with Crippen molar-refractivity contribution >= 4 is 16.4 Å². The summed E-state index contributed by atoms with van der Waals surface area (Å²) >= 11 is 0. The number of hydrogen-bond acceptors (Lipinski definition) is 3. The van der Waals surface area contributed by atoms with Crippen LogP contribution in [-0.2, 0) is 23.0 Å². The minimum Gasteiger partial charge on any atom is -0.481 e. The lowest BCUT2D eigenvalue weighted by atomic mass is 9.94. The molecule has 182 valence electrons. The van der Waals surface area contributed by atoms with Crippen molar-refractivity contribution in [3.63, 3.8) is 0 Å². The highest BCUT2D eigenvalue weighted by atomic mass is 32.2. The van der Waals surface area contributed by atoms with E-state index in [-0.39, 0.29) is 0 Å². The molecule has 0 radical (unpaired) electrons. The SMILES string of the molecule is CCC(Cc1ccc(OC(C)(C)c2c(C)nc[s+]2-c2ccc(C(F)(F)F)cc2)cc1C)C(=O)O. The average molecular weight is 493 g/mol. The summed E-state index contributed by atoms with van der Waals surface area (Å²) in [6.07, 6.45) is -3.37. The monoisotopic (exact) mass is 492 g/mol. The molecule has 0 amide bonds. The summed E-state index contributed by atoms with van der Waals surface area (Å²) in [6.45, 7) is 9.51. The number of carbonyl (C=O) groups is 1. The topological polar surface area (TPSA) is 59.4 Å². The van der Waals surface area contributed by atoms with Crippen molar-refractivity contribution in [2.24, 2.45) is 5.92 Å². The lowest BCUT2D eigenvalue weighted by Crippen LogP contribution is -2.26. The number of aliphatic carboxylic acids is 1. The molecule has 2 unspecified atom stereocenters. The summed E-state index contributed by atoms with van der Waals surface area (Å²) in [5.74, 6) is -0.601. The number of benzene rings is 2. The molecule has 3 aromatic rings. The van der Waals surface area contributed by atoms with E-state index in [0.29, 0.717) is 18.6 Å². The largest absolute Gasteiger partial charge is 0.481 e. The van der Waals surface area contributed by atoms with Crippen LogP contribution in [-0.4, -0.2) is 16.1 Å². The molecule has 1 N–H and O–H groups in total. The maximum absolute atomic E-state index is 13.0. The standard InChI is InChI=1S/C26H28F3NO3S/c1-6-18(24(31)32)14-19-7-10-21(13-16(19)2)33-25(4,5)23-17(3)30-15-34(23)22-11-8-20(9-12-22)26(27,28)29/h7-13,15,18H,6,14H2,1-5H3/p+1. The Kier molecular flexibility index (Phi) is 7.41. The normalized spacial score (nSPS) is 13.6. The number of aromatic nitrogens is 1. The first-order valence-electron chi connectivity index (χ1n) is 11.0. The van der Waals surface area contributed by atoms with Crippen molar-refractivity contribution in [2.75, 3.05) is 0 Å². The third kappa shape index (κ3) is 5.60. The van der Waals surface area contributed by atoms with Crippen molar-refractivity contribution in [3.05, 3.63) is 75.2 Å². The van der Waals surface area contributed by atoms with Gasteiger partial charge in [0.25, 0.3) is 0 Å². The third-order valence-electron chi connectivity index (χ3n) is 5.88. The molecule has 34 heavy (non-hydrogen) atoms. The third-order valence-corrected chi connectivity index (χ3v) is 8.20. The van der Waals surface area contributed by atoms with Gasteiger partial charge in [-0.1, -0.05) is 13.0 Å². The van der Waals surface area contributed by atoms with Gasteiger partial charge in [-0.2, -0.15) is 13.2 Å². The van der Waals surface area contributed by atoms with Gasteiger partial charge in [-0.3, -0.25) is 4.79 Å². The summed E-state index contributed by atoms with van der Waals surface area (Å²) in [6, 6.07) is 10.8. The van der Waals surface area contributed by atoms with Crippen LogP contribution >= 0.6 is 10.5 Å². The van der Waals surface area contributed by atoms with Crippen molar-refractivity contribution < 1.29 is 27.8 Å². The highest BCUT2D eigenvalue weighted by Crippen LogP contribution is 2.44. The fourth-order valence-corrected chi connectivity index (χ4v) is 6.14. The van der Waals surface area contributed by atoms with Crippen LogP contribution in [0.5, 0.6) is 5.75 Å². The van der Waals surface area contributed by atoms with Crippen LogP contribution in [0.25, 0.3) is 4.90 Å². The number of thiazole rings is 1. The molecule has 2 atom stereocenters. The molecule has 0 aliphatic carbocycles. The lowest BCUT2D eigenvalue weighted by molar-refractivity contribution is -0.141. The second-order valence-corrected chi connectivity index (χ2v) is 10.6. The Labute approximate surface area is 200 Å². The summed E-state index contributed by atoms with van der Waals surface area (Å²) in [7, 11) is -0.630. The molecular formula is C26H29F3NO3S+. The van der Waals surface area contributed by atoms with Gasteiger partial charge in [0, 0.05) is 10.5 Å². The Morgan fingerprint density at radius 3 is 2.29 bits per heavy atom. The van der Waals surface area contributed by atoms with Crippen LogP contribution in [0, 0.1) is 19.8 Å². The summed E-state index contributed by atoms with van der Waals surface area (Å²) in [5.41, 5.74) is 3.01. The molecule has 0 aliphatic rings. The van der Waals surface area contributed by atoms with Crippen LogP contribution in [0.15, 0.2) is 48.0 Å². The second-order valence-electron chi connectivity index (χ2n) is 8.86. The summed E-state index contributed by atoms with van der Waals surface area (Å²) in [5, 5.41) is 9.36. The molecule has 0 saturated carbocycles. The predicted molar refractivity (Wildman–Crippen MR) is 128 cm³/mol. The highest BCUT2D eigenvalue weighted by molar-refractivity contribution is 7.38. The number of rotatable bonds is 8. The van der Waals surface area contributed by atoms with Gasteiger partial charge in [-0.25, -0.2) is 4.98 Å². The molecule has 0 bridgehead atoms. The van der Waals surface area contributed by atoms with Gasteiger partial charge in [0.2, 0.25) is 10.4 Å².